The summed E-state index contributed by atoms with van der Waals surface area (Å²) in [5.41, 5.74) is 3.13. The van der Waals surface area contributed by atoms with E-state index in [1.165, 1.54) is 0 Å². The van der Waals surface area contributed by atoms with Crippen LogP contribution in [0.1, 0.15) is 33.3 Å². The van der Waals surface area contributed by atoms with Gasteiger partial charge in [-0.1, -0.05) is 33.6 Å². The summed E-state index contributed by atoms with van der Waals surface area (Å²) >= 11 is 9.54. The Labute approximate surface area is 222 Å². The van der Waals surface area contributed by atoms with Crippen molar-refractivity contribution in [2.24, 2.45) is 0 Å². The van der Waals surface area contributed by atoms with E-state index in [0.717, 1.165) is 15.7 Å². The Kier molecular flexibility index (Phi) is 7.91. The van der Waals surface area contributed by atoms with Gasteiger partial charge in [0, 0.05) is 4.47 Å². The molecule has 36 heavy (non-hydrogen) atoms. The van der Waals surface area contributed by atoms with Gasteiger partial charge in [-0.15, -0.1) is 0 Å². The normalized spacial score (nSPS) is 10.8. The summed E-state index contributed by atoms with van der Waals surface area (Å²) in [6, 6.07) is 14.3. The Morgan fingerprint density at radius 1 is 1.06 bits per heavy atom. The lowest BCUT2D eigenvalue weighted by molar-refractivity contribution is 0.0992. The molecule has 0 saturated heterocycles. The average Bonchev–Trinajstić information content (AvgIpc) is 3.44. The molecule has 2 heterocycles. The summed E-state index contributed by atoms with van der Waals surface area (Å²) in [4.78, 5) is 12.9. The van der Waals surface area contributed by atoms with Crippen LogP contribution in [0.15, 0.2) is 57.4 Å². The predicted molar refractivity (Wildman–Crippen MR) is 140 cm³/mol. The zero-order valence-corrected chi connectivity index (χ0v) is 22.6. The van der Waals surface area contributed by atoms with E-state index in [-0.39, 0.29) is 18.3 Å². The number of halogens is 2. The number of nitrogens with one attached hydrogen (secondary N) is 1. The number of carbonyl (C=O) groups excluding carboxylic acids is 1. The van der Waals surface area contributed by atoms with Crippen LogP contribution in [0.5, 0.6) is 17.2 Å². The Morgan fingerprint density at radius 2 is 1.81 bits per heavy atom. The van der Waals surface area contributed by atoms with Gasteiger partial charge in [0.05, 0.1) is 42.9 Å². The van der Waals surface area contributed by atoms with Crippen LogP contribution in [0, 0.1) is 13.8 Å². The van der Waals surface area contributed by atoms with E-state index in [2.05, 4.69) is 26.3 Å². The van der Waals surface area contributed by atoms with Crippen LogP contribution in [0.2, 0.25) is 5.02 Å². The zero-order chi connectivity index (χ0) is 25.8. The number of methoxy groups -OCH3 is 2. The van der Waals surface area contributed by atoms with Crippen molar-refractivity contribution in [1.82, 2.24) is 9.78 Å². The molecule has 2 aromatic carbocycles. The molecular formula is C26H25BrClN3O5. The van der Waals surface area contributed by atoms with Gasteiger partial charge >= 0.3 is 0 Å². The van der Waals surface area contributed by atoms with Crippen LogP contribution in [0.4, 0.5) is 5.69 Å². The molecule has 4 aromatic rings. The van der Waals surface area contributed by atoms with Gasteiger partial charge in [0.2, 0.25) is 0 Å². The fourth-order valence-corrected chi connectivity index (χ4v) is 4.41. The van der Waals surface area contributed by atoms with Crippen LogP contribution < -0.4 is 19.5 Å². The minimum atomic E-state index is -0.375. The first kappa shape index (κ1) is 25.7. The molecule has 1 N–H and O–H groups in total. The lowest BCUT2D eigenvalue weighted by atomic mass is 10.2. The highest BCUT2D eigenvalue weighted by Gasteiger charge is 2.18. The van der Waals surface area contributed by atoms with Crippen molar-refractivity contribution in [1.29, 1.82) is 0 Å². The van der Waals surface area contributed by atoms with Crippen LogP contribution >= 0.6 is 27.5 Å². The topological polar surface area (TPSA) is 87.8 Å². The molecule has 0 radical (unpaired) electrons. The molecule has 0 spiro atoms. The number of ether oxygens (including phenoxy) is 3. The van der Waals surface area contributed by atoms with Gasteiger partial charge in [-0.25, -0.2) is 0 Å². The lowest BCUT2D eigenvalue weighted by Gasteiger charge is -2.11. The molecule has 0 bridgehead atoms. The number of nitrogens with zero attached hydrogens (tertiary/aromatic N) is 2. The monoisotopic (exact) mass is 573 g/mol. The molecule has 0 unspecified atom stereocenters. The van der Waals surface area contributed by atoms with E-state index in [0.29, 0.717) is 46.0 Å². The maximum atomic E-state index is 12.9. The highest BCUT2D eigenvalue weighted by molar-refractivity contribution is 9.10. The number of furan rings is 1. The first-order chi connectivity index (χ1) is 17.3. The SMILES string of the molecule is COc1ccc(Cn2nc(C)c(NC(=O)c3ccc(COc4ccc(Br)cc4Cl)o3)c2C)cc1OC. The van der Waals surface area contributed by atoms with Crippen molar-refractivity contribution in [3.63, 3.8) is 0 Å². The number of hydrogen-bond acceptors (Lipinski definition) is 6. The molecule has 2 aromatic heterocycles. The first-order valence-electron chi connectivity index (χ1n) is 11.0. The van der Waals surface area contributed by atoms with Crippen LogP contribution in [-0.4, -0.2) is 29.9 Å². The standard InChI is InChI=1S/C26H25BrClN3O5/c1-15-25(16(2)31(30-15)13-17-5-8-22(33-3)24(11-17)34-4)29-26(32)23-10-7-19(36-23)14-35-21-9-6-18(27)12-20(21)28/h5-12H,13-14H2,1-4H3,(H,29,32). The fraction of sp³-hybridized carbons (Fsp3) is 0.231. The summed E-state index contributed by atoms with van der Waals surface area (Å²) in [6.45, 7) is 4.39. The van der Waals surface area contributed by atoms with Gasteiger partial charge in [-0.05, 0) is 61.9 Å². The van der Waals surface area contributed by atoms with Gasteiger partial charge in [0.1, 0.15) is 18.1 Å². The molecule has 0 aliphatic heterocycles. The molecule has 0 atom stereocenters. The molecule has 0 aliphatic rings. The summed E-state index contributed by atoms with van der Waals surface area (Å²) in [7, 11) is 3.20. The third-order valence-corrected chi connectivity index (χ3v) is 6.34. The van der Waals surface area contributed by atoms with Gasteiger partial charge in [-0.2, -0.15) is 5.10 Å². The number of benzene rings is 2. The Bertz CT molecular complexity index is 1400. The van der Waals surface area contributed by atoms with E-state index in [9.17, 15) is 4.79 Å². The number of hydrogen-bond donors (Lipinski definition) is 1. The van der Waals surface area contributed by atoms with Crippen molar-refractivity contribution in [3.05, 3.63) is 86.5 Å². The van der Waals surface area contributed by atoms with Crippen LogP contribution in [0.25, 0.3) is 0 Å². The number of amides is 1. The Balaban J connectivity index is 1.43. The van der Waals surface area contributed by atoms with Crippen LogP contribution in [0.3, 0.4) is 0 Å². The summed E-state index contributed by atoms with van der Waals surface area (Å²) in [5, 5.41) is 7.99. The molecule has 1 amide bonds. The Hall–Kier alpha value is -3.43. The van der Waals surface area contributed by atoms with E-state index in [1.54, 1.807) is 38.5 Å². The maximum Gasteiger partial charge on any atom is 0.291 e. The van der Waals surface area contributed by atoms with Gasteiger partial charge in [0.25, 0.3) is 5.91 Å². The van der Waals surface area contributed by atoms with E-state index < -0.39 is 0 Å². The summed E-state index contributed by atoms with van der Waals surface area (Å²) in [6.07, 6.45) is 0. The van der Waals surface area contributed by atoms with Crippen molar-refractivity contribution in [2.45, 2.75) is 27.0 Å². The smallest absolute Gasteiger partial charge is 0.291 e. The number of anilines is 1. The average molecular weight is 575 g/mol. The molecule has 188 valence electrons. The van der Waals surface area contributed by atoms with Gasteiger partial charge in [-0.3, -0.25) is 9.48 Å². The van der Waals surface area contributed by atoms with Crippen LogP contribution in [-0.2, 0) is 13.2 Å². The molecule has 0 aliphatic carbocycles. The van der Waals surface area contributed by atoms with Crippen molar-refractivity contribution in [2.75, 3.05) is 19.5 Å². The van der Waals surface area contributed by atoms with Gasteiger partial charge in [0.15, 0.2) is 17.3 Å². The van der Waals surface area contributed by atoms with Gasteiger partial charge < -0.3 is 23.9 Å². The fourth-order valence-electron chi connectivity index (χ4n) is 3.68. The molecule has 8 nitrogen and oxygen atoms in total. The highest BCUT2D eigenvalue weighted by atomic mass is 79.9. The second kappa shape index (κ2) is 11.1. The van der Waals surface area contributed by atoms with Crippen molar-refractivity contribution in [3.8, 4) is 17.2 Å². The molecule has 0 saturated carbocycles. The third-order valence-electron chi connectivity index (χ3n) is 5.55. The summed E-state index contributed by atoms with van der Waals surface area (Å²) < 4.78 is 24.8. The number of carbonyl (C=O) groups is 1. The summed E-state index contributed by atoms with van der Waals surface area (Å²) in [5.74, 6) is 2.12. The number of aromatic nitrogens is 2. The van der Waals surface area contributed by atoms with E-state index in [4.69, 9.17) is 30.2 Å². The largest absolute Gasteiger partial charge is 0.493 e. The minimum absolute atomic E-state index is 0.135. The second-order valence-electron chi connectivity index (χ2n) is 7.98. The van der Waals surface area contributed by atoms with Crippen molar-refractivity contribution < 1.29 is 23.4 Å². The zero-order valence-electron chi connectivity index (χ0n) is 20.2. The van der Waals surface area contributed by atoms with Crippen molar-refractivity contribution >= 4 is 39.1 Å². The lowest BCUT2D eigenvalue weighted by Crippen LogP contribution is -2.12. The molecule has 10 heteroatoms. The molecular weight excluding hydrogens is 550 g/mol. The number of rotatable bonds is 9. The minimum Gasteiger partial charge on any atom is -0.493 e. The Morgan fingerprint density at radius 3 is 2.53 bits per heavy atom. The van der Waals surface area contributed by atoms with E-state index >= 15 is 0 Å². The molecule has 0 fully saturated rings. The predicted octanol–water partition coefficient (Wildman–Crippen LogP) is 6.41. The highest BCUT2D eigenvalue weighted by Crippen LogP contribution is 2.30. The third kappa shape index (κ3) is 5.68. The maximum absolute atomic E-state index is 12.9. The second-order valence-corrected chi connectivity index (χ2v) is 9.30. The molecule has 4 rings (SSSR count). The first-order valence-corrected chi connectivity index (χ1v) is 12.2. The quantitative estimate of drug-likeness (QED) is 0.249. The van der Waals surface area contributed by atoms with E-state index in [1.807, 2.05) is 42.8 Å². The number of aryl methyl sites for hydroxylation is 1.